The molecule has 0 aliphatic heterocycles. The Labute approximate surface area is 164 Å². The van der Waals surface area contributed by atoms with Gasteiger partial charge in [0, 0.05) is 21.8 Å². The number of carbonyl (C=O) groups excluding carboxylic acids is 1. The van der Waals surface area contributed by atoms with Crippen LogP contribution < -0.4 is 0 Å². The number of nitrogens with one attached hydrogen (secondary N) is 1. The SMILES string of the molecule is CCOC(=O)c1ccc(/C=C(\CC)c2cccc3[nH]c4ccccc4c23)cc1. The van der Waals surface area contributed by atoms with E-state index < -0.39 is 0 Å². The van der Waals surface area contributed by atoms with Crippen molar-refractivity contribution in [1.29, 1.82) is 0 Å². The maximum atomic E-state index is 11.9. The van der Waals surface area contributed by atoms with E-state index in [1.807, 2.05) is 31.2 Å². The van der Waals surface area contributed by atoms with Crippen LogP contribution in [0.1, 0.15) is 41.8 Å². The van der Waals surface area contributed by atoms with Crippen molar-refractivity contribution in [3.63, 3.8) is 0 Å². The van der Waals surface area contributed by atoms with E-state index in [9.17, 15) is 4.79 Å². The number of H-pyrrole nitrogens is 1. The quantitative estimate of drug-likeness (QED) is 0.324. The van der Waals surface area contributed by atoms with Crippen molar-refractivity contribution in [2.24, 2.45) is 0 Å². The standard InChI is InChI=1S/C25H23NO2/c1-3-18(16-17-12-14-19(15-13-17)25(27)28-4-2)20-9-7-11-23-24(20)21-8-5-6-10-22(21)26-23/h5-16,26H,3-4H2,1-2H3/b18-16+. The molecule has 0 bridgehead atoms. The molecule has 28 heavy (non-hydrogen) atoms. The molecule has 0 fully saturated rings. The molecule has 0 aliphatic carbocycles. The highest BCUT2D eigenvalue weighted by atomic mass is 16.5. The van der Waals surface area contributed by atoms with Gasteiger partial charge in [-0.05, 0) is 54.3 Å². The summed E-state index contributed by atoms with van der Waals surface area (Å²) in [6.07, 6.45) is 3.11. The van der Waals surface area contributed by atoms with Gasteiger partial charge in [0.05, 0.1) is 12.2 Å². The number of allylic oxidation sites excluding steroid dienone is 1. The molecule has 3 heteroatoms. The summed E-state index contributed by atoms with van der Waals surface area (Å²) >= 11 is 0. The van der Waals surface area contributed by atoms with Gasteiger partial charge in [-0.25, -0.2) is 4.79 Å². The van der Waals surface area contributed by atoms with E-state index >= 15 is 0 Å². The first-order valence-electron chi connectivity index (χ1n) is 9.68. The number of fused-ring (bicyclic) bond motifs is 3. The van der Waals surface area contributed by atoms with Crippen molar-refractivity contribution in [3.05, 3.63) is 83.4 Å². The lowest BCUT2D eigenvalue weighted by Crippen LogP contribution is -2.04. The molecule has 0 spiro atoms. The number of hydrogen-bond acceptors (Lipinski definition) is 2. The van der Waals surface area contributed by atoms with Crippen LogP contribution in [0.4, 0.5) is 0 Å². The van der Waals surface area contributed by atoms with E-state index in [4.69, 9.17) is 4.74 Å². The van der Waals surface area contributed by atoms with Crippen molar-refractivity contribution >= 4 is 39.4 Å². The van der Waals surface area contributed by atoms with Gasteiger partial charge in [-0.1, -0.05) is 55.5 Å². The fraction of sp³-hybridized carbons (Fsp3) is 0.160. The maximum absolute atomic E-state index is 11.9. The lowest BCUT2D eigenvalue weighted by Gasteiger charge is -2.09. The van der Waals surface area contributed by atoms with Crippen molar-refractivity contribution < 1.29 is 9.53 Å². The number of ether oxygens (including phenoxy) is 1. The van der Waals surface area contributed by atoms with E-state index in [0.717, 1.165) is 23.0 Å². The average molecular weight is 369 g/mol. The summed E-state index contributed by atoms with van der Waals surface area (Å²) in [6, 6.07) is 22.4. The minimum Gasteiger partial charge on any atom is -0.462 e. The molecule has 4 aromatic rings. The maximum Gasteiger partial charge on any atom is 0.338 e. The van der Waals surface area contributed by atoms with Crippen molar-refractivity contribution in [2.75, 3.05) is 6.61 Å². The molecular weight excluding hydrogens is 346 g/mol. The molecule has 0 atom stereocenters. The molecule has 140 valence electrons. The monoisotopic (exact) mass is 369 g/mol. The highest BCUT2D eigenvalue weighted by Crippen LogP contribution is 2.34. The molecular formula is C25H23NO2. The van der Waals surface area contributed by atoms with Crippen LogP contribution in [0, 0.1) is 0 Å². The molecule has 4 rings (SSSR count). The zero-order valence-electron chi connectivity index (χ0n) is 16.2. The second-order valence-electron chi connectivity index (χ2n) is 6.76. The van der Waals surface area contributed by atoms with Gasteiger partial charge < -0.3 is 9.72 Å². The molecule has 0 unspecified atom stereocenters. The summed E-state index contributed by atoms with van der Waals surface area (Å²) in [5.74, 6) is -0.280. The van der Waals surface area contributed by atoms with Gasteiger partial charge in [0.15, 0.2) is 0 Å². The number of rotatable bonds is 5. The molecule has 3 nitrogen and oxygen atoms in total. The number of para-hydroxylation sites is 1. The summed E-state index contributed by atoms with van der Waals surface area (Å²) in [5, 5.41) is 2.50. The first kappa shape index (κ1) is 18.1. The van der Waals surface area contributed by atoms with Crippen LogP contribution in [0.3, 0.4) is 0 Å². The van der Waals surface area contributed by atoms with Gasteiger partial charge in [-0.15, -0.1) is 0 Å². The van der Waals surface area contributed by atoms with E-state index in [0.29, 0.717) is 12.2 Å². The molecule has 0 saturated carbocycles. The lowest BCUT2D eigenvalue weighted by atomic mass is 9.95. The molecule has 1 N–H and O–H groups in total. The fourth-order valence-corrected chi connectivity index (χ4v) is 3.67. The summed E-state index contributed by atoms with van der Waals surface area (Å²) in [6.45, 7) is 4.37. The summed E-state index contributed by atoms with van der Waals surface area (Å²) in [7, 11) is 0. The Hall–Kier alpha value is -3.33. The minimum absolute atomic E-state index is 0.280. The third kappa shape index (κ3) is 3.31. The van der Waals surface area contributed by atoms with Crippen LogP contribution in [0.15, 0.2) is 66.7 Å². The molecule has 1 heterocycles. The smallest absolute Gasteiger partial charge is 0.338 e. The topological polar surface area (TPSA) is 42.1 Å². The number of hydrogen-bond donors (Lipinski definition) is 1. The third-order valence-electron chi connectivity index (χ3n) is 5.02. The molecule has 1 aromatic heterocycles. The van der Waals surface area contributed by atoms with Crippen LogP contribution >= 0.6 is 0 Å². The largest absolute Gasteiger partial charge is 0.462 e. The normalized spacial score (nSPS) is 11.9. The molecule has 0 radical (unpaired) electrons. The second-order valence-corrected chi connectivity index (χ2v) is 6.76. The van der Waals surface area contributed by atoms with Crippen LogP contribution in [-0.4, -0.2) is 17.6 Å². The fourth-order valence-electron chi connectivity index (χ4n) is 3.67. The number of esters is 1. The van der Waals surface area contributed by atoms with Gasteiger partial charge in [-0.3, -0.25) is 0 Å². The predicted molar refractivity (Wildman–Crippen MR) is 116 cm³/mol. The Morgan fingerprint density at radius 3 is 2.43 bits per heavy atom. The summed E-state index contributed by atoms with van der Waals surface area (Å²) in [5.41, 5.74) is 6.46. The van der Waals surface area contributed by atoms with Crippen molar-refractivity contribution in [2.45, 2.75) is 20.3 Å². The van der Waals surface area contributed by atoms with E-state index in [1.54, 1.807) is 0 Å². The zero-order chi connectivity index (χ0) is 19.5. The zero-order valence-corrected chi connectivity index (χ0v) is 16.2. The number of aromatic nitrogens is 1. The highest BCUT2D eigenvalue weighted by molar-refractivity contribution is 6.13. The molecule has 3 aromatic carbocycles. The number of aromatic amines is 1. The Balaban J connectivity index is 1.78. The first-order chi connectivity index (χ1) is 13.7. The Morgan fingerprint density at radius 2 is 1.68 bits per heavy atom. The number of carbonyl (C=O) groups is 1. The first-order valence-corrected chi connectivity index (χ1v) is 9.68. The number of benzene rings is 3. The van der Waals surface area contributed by atoms with E-state index in [1.165, 1.54) is 21.9 Å². The lowest BCUT2D eigenvalue weighted by molar-refractivity contribution is 0.0526. The van der Waals surface area contributed by atoms with Gasteiger partial charge in [0.25, 0.3) is 0 Å². The summed E-state index contributed by atoms with van der Waals surface area (Å²) in [4.78, 5) is 15.4. The Morgan fingerprint density at radius 1 is 0.929 bits per heavy atom. The van der Waals surface area contributed by atoms with Gasteiger partial charge in [0.2, 0.25) is 0 Å². The molecule has 0 amide bonds. The molecule has 0 aliphatic rings. The van der Waals surface area contributed by atoms with E-state index in [2.05, 4.69) is 60.4 Å². The van der Waals surface area contributed by atoms with E-state index in [-0.39, 0.29) is 5.97 Å². The Kier molecular flexibility index (Phi) is 4.98. The summed E-state index contributed by atoms with van der Waals surface area (Å²) < 4.78 is 5.06. The molecule has 0 saturated heterocycles. The van der Waals surface area contributed by atoms with Crippen LogP contribution in [-0.2, 0) is 4.74 Å². The second kappa shape index (κ2) is 7.73. The Bertz CT molecular complexity index is 1170. The van der Waals surface area contributed by atoms with Gasteiger partial charge in [0.1, 0.15) is 0 Å². The van der Waals surface area contributed by atoms with Crippen molar-refractivity contribution in [1.82, 2.24) is 4.98 Å². The highest BCUT2D eigenvalue weighted by Gasteiger charge is 2.11. The van der Waals surface area contributed by atoms with Crippen molar-refractivity contribution in [3.8, 4) is 0 Å². The van der Waals surface area contributed by atoms with Crippen LogP contribution in [0.2, 0.25) is 0 Å². The van der Waals surface area contributed by atoms with Gasteiger partial charge in [-0.2, -0.15) is 0 Å². The van der Waals surface area contributed by atoms with Crippen LogP contribution in [0.25, 0.3) is 33.5 Å². The predicted octanol–water partition coefficient (Wildman–Crippen LogP) is 6.45. The van der Waals surface area contributed by atoms with Crippen LogP contribution in [0.5, 0.6) is 0 Å². The third-order valence-corrected chi connectivity index (χ3v) is 5.02. The average Bonchev–Trinajstić information content (AvgIpc) is 3.11. The minimum atomic E-state index is -0.280. The van der Waals surface area contributed by atoms with Gasteiger partial charge >= 0.3 is 5.97 Å².